The highest BCUT2D eigenvalue weighted by molar-refractivity contribution is 6.31. The quantitative estimate of drug-likeness (QED) is 0.493. The maximum absolute atomic E-state index is 12.3. The molecular weight excluding hydrogens is 303 g/mol. The van der Waals surface area contributed by atoms with Crippen molar-refractivity contribution in [2.75, 3.05) is 5.88 Å². The molecule has 0 aliphatic heterocycles. The number of rotatable bonds is 6. The second kappa shape index (κ2) is 6.90. The van der Waals surface area contributed by atoms with Crippen molar-refractivity contribution in [3.8, 4) is 0 Å². The van der Waals surface area contributed by atoms with Crippen molar-refractivity contribution in [1.29, 1.82) is 0 Å². The number of nitro groups is 1. The van der Waals surface area contributed by atoms with E-state index in [4.69, 9.17) is 23.2 Å². The third kappa shape index (κ3) is 3.61. The van der Waals surface area contributed by atoms with Crippen molar-refractivity contribution in [3.05, 3.63) is 38.9 Å². The summed E-state index contributed by atoms with van der Waals surface area (Å²) >= 11 is 11.6. The van der Waals surface area contributed by atoms with Gasteiger partial charge in [-0.3, -0.25) is 14.9 Å². The molecule has 0 aliphatic rings. The van der Waals surface area contributed by atoms with Crippen LogP contribution in [0.25, 0.3) is 0 Å². The molecule has 7 heteroatoms. The van der Waals surface area contributed by atoms with E-state index < -0.39 is 16.4 Å². The number of halogens is 2. The Labute approximate surface area is 127 Å². The summed E-state index contributed by atoms with van der Waals surface area (Å²) in [6, 6.07) is 3.96. The van der Waals surface area contributed by atoms with E-state index in [2.05, 4.69) is 5.32 Å². The third-order valence-electron chi connectivity index (χ3n) is 3.39. The molecule has 5 nitrogen and oxygen atoms in total. The van der Waals surface area contributed by atoms with Crippen LogP contribution in [0.1, 0.15) is 37.0 Å². The number of alkyl halides is 1. The second-order valence-electron chi connectivity index (χ2n) is 4.49. The number of carbonyl (C=O) groups is 1. The van der Waals surface area contributed by atoms with Gasteiger partial charge in [-0.15, -0.1) is 11.6 Å². The zero-order chi connectivity index (χ0) is 15.3. The van der Waals surface area contributed by atoms with Gasteiger partial charge in [0, 0.05) is 17.0 Å². The standard InChI is InChI=1S/C13H16Cl2N2O3/c1-3-13(4-2,8-14)16-12(18)10-6-5-9(15)7-11(10)17(19)20/h5-7H,3-4,8H2,1-2H3,(H,16,18). The summed E-state index contributed by atoms with van der Waals surface area (Å²) < 4.78 is 0. The molecule has 0 saturated carbocycles. The summed E-state index contributed by atoms with van der Waals surface area (Å²) in [7, 11) is 0. The van der Waals surface area contributed by atoms with Crippen molar-refractivity contribution < 1.29 is 9.72 Å². The lowest BCUT2D eigenvalue weighted by Crippen LogP contribution is -2.49. The fraction of sp³-hybridized carbons (Fsp3) is 0.462. The monoisotopic (exact) mass is 318 g/mol. The molecule has 0 bridgehead atoms. The zero-order valence-electron chi connectivity index (χ0n) is 11.3. The van der Waals surface area contributed by atoms with E-state index in [0.717, 1.165) is 6.07 Å². The normalized spacial score (nSPS) is 11.2. The van der Waals surface area contributed by atoms with Crippen LogP contribution in [0.15, 0.2) is 18.2 Å². The minimum absolute atomic E-state index is 0.0178. The van der Waals surface area contributed by atoms with Crippen molar-refractivity contribution in [3.63, 3.8) is 0 Å². The van der Waals surface area contributed by atoms with Crippen molar-refractivity contribution in [2.45, 2.75) is 32.2 Å². The van der Waals surface area contributed by atoms with E-state index in [-0.39, 0.29) is 22.2 Å². The average Bonchev–Trinajstić information content (AvgIpc) is 2.44. The molecule has 0 unspecified atom stereocenters. The topological polar surface area (TPSA) is 72.2 Å². The van der Waals surface area contributed by atoms with Gasteiger partial charge in [0.1, 0.15) is 5.56 Å². The Morgan fingerprint density at radius 1 is 1.40 bits per heavy atom. The van der Waals surface area contributed by atoms with Crippen molar-refractivity contribution >= 4 is 34.8 Å². The van der Waals surface area contributed by atoms with Gasteiger partial charge in [-0.1, -0.05) is 25.4 Å². The van der Waals surface area contributed by atoms with E-state index in [1.165, 1.54) is 12.1 Å². The molecule has 0 fully saturated rings. The van der Waals surface area contributed by atoms with Gasteiger partial charge in [0.05, 0.1) is 10.5 Å². The Morgan fingerprint density at radius 3 is 2.45 bits per heavy atom. The number of benzene rings is 1. The van der Waals surface area contributed by atoms with E-state index >= 15 is 0 Å². The van der Waals surface area contributed by atoms with Crippen LogP contribution >= 0.6 is 23.2 Å². The molecule has 0 aromatic heterocycles. The minimum atomic E-state index is -0.624. The van der Waals surface area contributed by atoms with E-state index in [1.807, 2.05) is 13.8 Å². The first-order valence-electron chi connectivity index (χ1n) is 6.21. The lowest BCUT2D eigenvalue weighted by Gasteiger charge is -2.30. The molecule has 0 atom stereocenters. The van der Waals surface area contributed by atoms with Gasteiger partial charge in [-0.25, -0.2) is 0 Å². The number of hydrogen-bond acceptors (Lipinski definition) is 3. The summed E-state index contributed by atoms with van der Waals surface area (Å²) in [5.41, 5.74) is -0.895. The zero-order valence-corrected chi connectivity index (χ0v) is 12.8. The minimum Gasteiger partial charge on any atom is -0.345 e. The van der Waals surface area contributed by atoms with Crippen LogP contribution < -0.4 is 5.32 Å². The first-order chi connectivity index (χ1) is 9.39. The number of amides is 1. The predicted octanol–water partition coefficient (Wildman–Crippen LogP) is 3.78. The summed E-state index contributed by atoms with van der Waals surface area (Å²) in [5.74, 6) is -0.273. The lowest BCUT2D eigenvalue weighted by molar-refractivity contribution is -0.385. The second-order valence-corrected chi connectivity index (χ2v) is 5.20. The molecule has 1 rings (SSSR count). The highest BCUT2D eigenvalue weighted by Gasteiger charge is 2.30. The fourth-order valence-electron chi connectivity index (χ4n) is 1.81. The fourth-order valence-corrected chi connectivity index (χ4v) is 2.42. The molecule has 0 saturated heterocycles. The number of hydrogen-bond donors (Lipinski definition) is 1. The predicted molar refractivity (Wildman–Crippen MR) is 79.6 cm³/mol. The molecule has 0 radical (unpaired) electrons. The molecule has 1 aromatic rings. The van der Waals surface area contributed by atoms with Crippen LogP contribution in [0.5, 0.6) is 0 Å². The van der Waals surface area contributed by atoms with Gasteiger partial charge in [-0.2, -0.15) is 0 Å². The van der Waals surface area contributed by atoms with Gasteiger partial charge in [0.15, 0.2) is 0 Å². The van der Waals surface area contributed by atoms with Crippen molar-refractivity contribution in [2.24, 2.45) is 0 Å². The van der Waals surface area contributed by atoms with Gasteiger partial charge in [0.25, 0.3) is 11.6 Å². The maximum atomic E-state index is 12.3. The molecule has 1 N–H and O–H groups in total. The molecule has 110 valence electrons. The van der Waals surface area contributed by atoms with Gasteiger partial charge >= 0.3 is 0 Å². The van der Waals surface area contributed by atoms with Gasteiger partial charge in [0.2, 0.25) is 0 Å². The van der Waals surface area contributed by atoms with E-state index in [9.17, 15) is 14.9 Å². The average molecular weight is 319 g/mol. The lowest BCUT2D eigenvalue weighted by atomic mass is 9.94. The summed E-state index contributed by atoms with van der Waals surface area (Å²) in [4.78, 5) is 22.6. The molecule has 0 aliphatic carbocycles. The molecule has 1 amide bonds. The van der Waals surface area contributed by atoms with Crippen LogP contribution in [-0.4, -0.2) is 22.2 Å². The van der Waals surface area contributed by atoms with Crippen LogP contribution in [0.4, 0.5) is 5.69 Å². The third-order valence-corrected chi connectivity index (χ3v) is 4.14. The summed E-state index contributed by atoms with van der Waals surface area (Å²) in [5, 5.41) is 14.0. The Morgan fingerprint density at radius 2 is 2.00 bits per heavy atom. The van der Waals surface area contributed by atoms with Gasteiger partial charge < -0.3 is 5.32 Å². The van der Waals surface area contributed by atoms with E-state index in [1.54, 1.807) is 0 Å². The first-order valence-corrected chi connectivity index (χ1v) is 7.12. The number of nitrogens with zero attached hydrogens (tertiary/aromatic N) is 1. The Kier molecular flexibility index (Phi) is 5.77. The van der Waals surface area contributed by atoms with Crippen molar-refractivity contribution in [1.82, 2.24) is 5.32 Å². The summed E-state index contributed by atoms with van der Waals surface area (Å²) in [6.45, 7) is 3.81. The number of nitrogens with one attached hydrogen (secondary N) is 1. The summed E-state index contributed by atoms with van der Waals surface area (Å²) in [6.07, 6.45) is 1.28. The first kappa shape index (κ1) is 16.7. The Bertz CT molecular complexity index is 508. The molecule has 20 heavy (non-hydrogen) atoms. The van der Waals surface area contributed by atoms with E-state index in [0.29, 0.717) is 12.8 Å². The maximum Gasteiger partial charge on any atom is 0.283 e. The van der Waals surface area contributed by atoms with Crippen LogP contribution in [0.3, 0.4) is 0 Å². The molecule has 0 heterocycles. The number of carbonyl (C=O) groups excluding carboxylic acids is 1. The SMILES string of the molecule is CCC(CC)(CCl)NC(=O)c1ccc(Cl)cc1[N+](=O)[O-]. The van der Waals surface area contributed by atoms with Gasteiger partial charge in [-0.05, 0) is 25.0 Å². The van der Waals surface area contributed by atoms with Crippen LogP contribution in [0.2, 0.25) is 5.02 Å². The van der Waals surface area contributed by atoms with Crippen LogP contribution in [-0.2, 0) is 0 Å². The highest BCUT2D eigenvalue weighted by Crippen LogP contribution is 2.25. The van der Waals surface area contributed by atoms with Crippen LogP contribution in [0, 0.1) is 10.1 Å². The number of nitro benzene ring substituents is 1. The Balaban J connectivity index is 3.12. The smallest absolute Gasteiger partial charge is 0.283 e. The molecular formula is C13H16Cl2N2O3. The largest absolute Gasteiger partial charge is 0.345 e. The molecule has 1 aromatic carbocycles. The highest BCUT2D eigenvalue weighted by atomic mass is 35.5. The Hall–Kier alpha value is -1.33. The molecule has 0 spiro atoms.